The molecule has 1 rings (SSSR count). The molecule has 0 bridgehead atoms. The lowest BCUT2D eigenvalue weighted by Crippen LogP contribution is -2.23. The van der Waals surface area contributed by atoms with E-state index in [0.29, 0.717) is 6.42 Å². The standard InChI is InChI=1S/C14H20O3/c1-5-12(14(16)17-4)13(15)11-7-9(2)6-10(3)8-11/h6-8,12-13,15H,5H2,1-4H3. The molecule has 94 valence electrons. The molecule has 0 spiro atoms. The summed E-state index contributed by atoms with van der Waals surface area (Å²) in [6.07, 6.45) is -0.244. The maximum absolute atomic E-state index is 11.5. The molecule has 2 unspecified atom stereocenters. The van der Waals surface area contributed by atoms with Crippen molar-refractivity contribution in [3.05, 3.63) is 34.9 Å². The fourth-order valence-electron chi connectivity index (χ4n) is 2.08. The normalized spacial score (nSPS) is 14.2. The van der Waals surface area contributed by atoms with Gasteiger partial charge in [-0.05, 0) is 25.8 Å². The number of methoxy groups -OCH3 is 1. The van der Waals surface area contributed by atoms with Crippen LogP contribution in [0, 0.1) is 19.8 Å². The van der Waals surface area contributed by atoms with Crippen LogP contribution in [0.2, 0.25) is 0 Å². The summed E-state index contributed by atoms with van der Waals surface area (Å²) in [6, 6.07) is 5.85. The van der Waals surface area contributed by atoms with Crippen molar-refractivity contribution in [2.75, 3.05) is 7.11 Å². The van der Waals surface area contributed by atoms with E-state index in [-0.39, 0.29) is 5.97 Å². The Morgan fingerprint density at radius 1 is 1.29 bits per heavy atom. The SMILES string of the molecule is CCC(C(=O)OC)C(O)c1cc(C)cc(C)c1. The highest BCUT2D eigenvalue weighted by Gasteiger charge is 2.27. The maximum Gasteiger partial charge on any atom is 0.311 e. The van der Waals surface area contributed by atoms with Crippen LogP contribution < -0.4 is 0 Å². The number of aryl methyl sites for hydroxylation is 2. The van der Waals surface area contributed by atoms with Crippen LogP contribution in [0.1, 0.15) is 36.1 Å². The molecular formula is C14H20O3. The first-order valence-electron chi connectivity index (χ1n) is 5.83. The van der Waals surface area contributed by atoms with E-state index in [9.17, 15) is 9.90 Å². The summed E-state index contributed by atoms with van der Waals surface area (Å²) in [5, 5.41) is 10.2. The lowest BCUT2D eigenvalue weighted by Gasteiger charge is -2.20. The van der Waals surface area contributed by atoms with Crippen molar-refractivity contribution >= 4 is 5.97 Å². The molecule has 1 N–H and O–H groups in total. The number of carbonyl (C=O) groups is 1. The molecule has 0 fully saturated rings. The molecule has 0 heterocycles. The monoisotopic (exact) mass is 236 g/mol. The molecule has 0 aromatic heterocycles. The smallest absolute Gasteiger partial charge is 0.311 e. The Morgan fingerprint density at radius 3 is 2.24 bits per heavy atom. The summed E-state index contributed by atoms with van der Waals surface area (Å²) in [4.78, 5) is 11.5. The zero-order valence-corrected chi connectivity index (χ0v) is 10.9. The third kappa shape index (κ3) is 3.30. The van der Waals surface area contributed by atoms with E-state index in [0.717, 1.165) is 16.7 Å². The third-order valence-corrected chi connectivity index (χ3v) is 2.91. The Labute approximate surface area is 102 Å². The van der Waals surface area contributed by atoms with Crippen LogP contribution in [0.15, 0.2) is 18.2 Å². The first kappa shape index (κ1) is 13.7. The first-order chi connectivity index (χ1) is 7.99. The van der Waals surface area contributed by atoms with Crippen LogP contribution in [0.3, 0.4) is 0 Å². The Hall–Kier alpha value is -1.35. The summed E-state index contributed by atoms with van der Waals surface area (Å²) in [7, 11) is 1.35. The fraction of sp³-hybridized carbons (Fsp3) is 0.500. The average molecular weight is 236 g/mol. The van der Waals surface area contributed by atoms with E-state index in [4.69, 9.17) is 4.74 Å². The van der Waals surface area contributed by atoms with Crippen molar-refractivity contribution in [3.8, 4) is 0 Å². The number of ether oxygens (including phenoxy) is 1. The van der Waals surface area contributed by atoms with Gasteiger partial charge in [-0.25, -0.2) is 0 Å². The van der Waals surface area contributed by atoms with Crippen LogP contribution >= 0.6 is 0 Å². The van der Waals surface area contributed by atoms with Crippen LogP contribution in [0.25, 0.3) is 0 Å². The van der Waals surface area contributed by atoms with Gasteiger partial charge in [0.1, 0.15) is 0 Å². The molecule has 2 atom stereocenters. The zero-order chi connectivity index (χ0) is 13.0. The summed E-state index contributed by atoms with van der Waals surface area (Å²) < 4.78 is 4.71. The molecule has 17 heavy (non-hydrogen) atoms. The molecule has 0 amide bonds. The quantitative estimate of drug-likeness (QED) is 0.817. The highest BCUT2D eigenvalue weighted by molar-refractivity contribution is 5.73. The van der Waals surface area contributed by atoms with E-state index < -0.39 is 12.0 Å². The largest absolute Gasteiger partial charge is 0.469 e. The van der Waals surface area contributed by atoms with Gasteiger partial charge in [-0.3, -0.25) is 4.79 Å². The van der Waals surface area contributed by atoms with Gasteiger partial charge in [0.05, 0.1) is 19.1 Å². The average Bonchev–Trinajstić information content (AvgIpc) is 2.28. The van der Waals surface area contributed by atoms with E-state index in [1.54, 1.807) is 0 Å². The number of aliphatic hydroxyl groups excluding tert-OH is 1. The van der Waals surface area contributed by atoms with Gasteiger partial charge in [-0.2, -0.15) is 0 Å². The molecule has 0 saturated heterocycles. The number of hydrogen-bond acceptors (Lipinski definition) is 3. The molecule has 1 aromatic carbocycles. The molecule has 1 aromatic rings. The number of hydrogen-bond donors (Lipinski definition) is 1. The molecule has 3 nitrogen and oxygen atoms in total. The second-order valence-electron chi connectivity index (χ2n) is 4.40. The van der Waals surface area contributed by atoms with E-state index in [1.807, 2.05) is 39.0 Å². The van der Waals surface area contributed by atoms with Crippen LogP contribution in [-0.2, 0) is 9.53 Å². The summed E-state index contributed by atoms with van der Waals surface area (Å²) >= 11 is 0. The van der Waals surface area contributed by atoms with Crippen molar-refractivity contribution < 1.29 is 14.6 Å². The lowest BCUT2D eigenvalue weighted by molar-refractivity contribution is -0.149. The zero-order valence-electron chi connectivity index (χ0n) is 10.9. The third-order valence-electron chi connectivity index (χ3n) is 2.91. The maximum atomic E-state index is 11.5. The van der Waals surface area contributed by atoms with Crippen LogP contribution in [0.5, 0.6) is 0 Å². The molecule has 0 aliphatic rings. The molecule has 0 saturated carbocycles. The Bertz CT molecular complexity index is 378. The van der Waals surface area contributed by atoms with Gasteiger partial charge in [0.15, 0.2) is 0 Å². The van der Waals surface area contributed by atoms with Gasteiger partial charge in [-0.1, -0.05) is 36.2 Å². The topological polar surface area (TPSA) is 46.5 Å². The molecule has 3 heteroatoms. The second-order valence-corrected chi connectivity index (χ2v) is 4.40. The Balaban J connectivity index is 3.01. The minimum Gasteiger partial charge on any atom is -0.469 e. The minimum absolute atomic E-state index is 0.362. The van der Waals surface area contributed by atoms with Gasteiger partial charge in [0.2, 0.25) is 0 Å². The van der Waals surface area contributed by atoms with Gasteiger partial charge in [-0.15, -0.1) is 0 Å². The number of benzene rings is 1. The lowest BCUT2D eigenvalue weighted by atomic mass is 9.92. The van der Waals surface area contributed by atoms with Crippen molar-refractivity contribution in [1.82, 2.24) is 0 Å². The number of carbonyl (C=O) groups excluding carboxylic acids is 1. The van der Waals surface area contributed by atoms with Crippen molar-refractivity contribution in [2.45, 2.75) is 33.3 Å². The number of esters is 1. The fourth-order valence-corrected chi connectivity index (χ4v) is 2.08. The Morgan fingerprint density at radius 2 is 1.82 bits per heavy atom. The summed E-state index contributed by atoms with van der Waals surface area (Å²) in [6.45, 7) is 5.82. The van der Waals surface area contributed by atoms with Crippen LogP contribution in [-0.4, -0.2) is 18.2 Å². The minimum atomic E-state index is -0.800. The first-order valence-corrected chi connectivity index (χ1v) is 5.83. The van der Waals surface area contributed by atoms with Crippen LogP contribution in [0.4, 0.5) is 0 Å². The summed E-state index contributed by atoms with van der Waals surface area (Å²) in [5.74, 6) is -0.861. The highest BCUT2D eigenvalue weighted by atomic mass is 16.5. The van der Waals surface area contributed by atoms with Crippen molar-refractivity contribution in [2.24, 2.45) is 5.92 Å². The summed E-state index contributed by atoms with van der Waals surface area (Å²) in [5.41, 5.74) is 2.94. The predicted molar refractivity (Wildman–Crippen MR) is 66.7 cm³/mol. The second kappa shape index (κ2) is 5.82. The van der Waals surface area contributed by atoms with Crippen molar-refractivity contribution in [1.29, 1.82) is 0 Å². The van der Waals surface area contributed by atoms with Gasteiger partial charge >= 0.3 is 5.97 Å². The predicted octanol–water partition coefficient (Wildman–Crippen LogP) is 2.54. The number of rotatable bonds is 4. The van der Waals surface area contributed by atoms with E-state index >= 15 is 0 Å². The van der Waals surface area contributed by atoms with E-state index in [2.05, 4.69) is 0 Å². The highest BCUT2D eigenvalue weighted by Crippen LogP contribution is 2.27. The number of aliphatic hydroxyl groups is 1. The Kier molecular flexibility index (Phi) is 4.70. The molecule has 0 aliphatic heterocycles. The molecule has 0 aliphatic carbocycles. The van der Waals surface area contributed by atoms with Gasteiger partial charge in [0, 0.05) is 0 Å². The van der Waals surface area contributed by atoms with Crippen molar-refractivity contribution in [3.63, 3.8) is 0 Å². The van der Waals surface area contributed by atoms with Gasteiger partial charge in [0.25, 0.3) is 0 Å². The van der Waals surface area contributed by atoms with E-state index in [1.165, 1.54) is 7.11 Å². The molecular weight excluding hydrogens is 216 g/mol. The van der Waals surface area contributed by atoms with Gasteiger partial charge < -0.3 is 9.84 Å². The molecule has 0 radical (unpaired) electrons.